The molecule has 8 nitrogen and oxygen atoms in total. The largest absolute Gasteiger partial charge is 0.452 e. The first-order valence-corrected chi connectivity index (χ1v) is 9.20. The molecule has 0 aliphatic carbocycles. The molecule has 1 fully saturated rings. The predicted molar refractivity (Wildman–Crippen MR) is 104 cm³/mol. The summed E-state index contributed by atoms with van der Waals surface area (Å²) in [7, 11) is 0. The first-order valence-electron chi connectivity index (χ1n) is 9.20. The van der Waals surface area contributed by atoms with Gasteiger partial charge in [0.05, 0.1) is 10.5 Å². The Morgan fingerprint density at radius 2 is 1.79 bits per heavy atom. The first-order chi connectivity index (χ1) is 13.9. The van der Waals surface area contributed by atoms with Crippen LogP contribution in [0.2, 0.25) is 0 Å². The molecule has 1 aliphatic rings. The van der Waals surface area contributed by atoms with Crippen LogP contribution in [0.4, 0.5) is 21.5 Å². The Morgan fingerprint density at radius 1 is 1.10 bits per heavy atom. The van der Waals surface area contributed by atoms with Crippen LogP contribution in [0.3, 0.4) is 0 Å². The number of carbonyl (C=O) groups is 2. The first kappa shape index (κ1) is 20.2. The second kappa shape index (κ2) is 9.13. The Kier molecular flexibility index (Phi) is 6.38. The highest BCUT2D eigenvalue weighted by atomic mass is 19.1. The van der Waals surface area contributed by atoms with Crippen molar-refractivity contribution in [3.63, 3.8) is 0 Å². The zero-order chi connectivity index (χ0) is 20.8. The van der Waals surface area contributed by atoms with Crippen molar-refractivity contribution in [1.82, 2.24) is 0 Å². The number of nitro groups is 1. The Morgan fingerprint density at radius 3 is 2.41 bits per heavy atom. The summed E-state index contributed by atoms with van der Waals surface area (Å²) in [6.07, 6.45) is 3.58. The Balaban J connectivity index is 1.51. The zero-order valence-electron chi connectivity index (χ0n) is 15.6. The van der Waals surface area contributed by atoms with Crippen LogP contribution in [0.1, 0.15) is 29.6 Å². The molecule has 0 unspecified atom stereocenters. The number of hydrogen-bond donors (Lipinski definition) is 1. The van der Waals surface area contributed by atoms with Gasteiger partial charge in [-0.3, -0.25) is 14.9 Å². The van der Waals surface area contributed by atoms with Crippen molar-refractivity contribution in [2.45, 2.75) is 19.3 Å². The topological polar surface area (TPSA) is 102 Å². The van der Waals surface area contributed by atoms with Crippen molar-refractivity contribution in [3.8, 4) is 0 Å². The number of amides is 1. The van der Waals surface area contributed by atoms with E-state index in [1.54, 1.807) is 12.1 Å². The molecule has 0 atom stereocenters. The van der Waals surface area contributed by atoms with Gasteiger partial charge in [0.2, 0.25) is 5.82 Å². The van der Waals surface area contributed by atoms with E-state index >= 15 is 0 Å². The molecule has 2 aromatic carbocycles. The van der Waals surface area contributed by atoms with Gasteiger partial charge in [-0.25, -0.2) is 4.79 Å². The highest BCUT2D eigenvalue weighted by molar-refractivity contribution is 5.95. The molecule has 3 rings (SSSR count). The van der Waals surface area contributed by atoms with Crippen LogP contribution in [0.25, 0.3) is 0 Å². The van der Waals surface area contributed by atoms with Crippen molar-refractivity contribution in [2.24, 2.45) is 0 Å². The number of nitrogens with one attached hydrogen (secondary N) is 1. The number of piperidine rings is 1. The standard InChI is InChI=1S/C20H20FN3O5/c21-17-12-14(4-9-18(17)24(27)28)20(26)29-13-19(25)22-15-5-7-16(8-6-15)23-10-2-1-3-11-23/h4-9,12H,1-3,10-11,13H2,(H,22,25). The van der Waals surface area contributed by atoms with Gasteiger partial charge in [0.15, 0.2) is 6.61 Å². The Bertz CT molecular complexity index is 911. The lowest BCUT2D eigenvalue weighted by molar-refractivity contribution is -0.387. The van der Waals surface area contributed by atoms with Crippen LogP contribution in [-0.4, -0.2) is 36.5 Å². The van der Waals surface area contributed by atoms with Crippen LogP contribution in [0.15, 0.2) is 42.5 Å². The highest BCUT2D eigenvalue weighted by Gasteiger charge is 2.18. The van der Waals surface area contributed by atoms with Crippen LogP contribution < -0.4 is 10.2 Å². The Hall–Kier alpha value is -3.49. The number of nitro benzene ring substituents is 1. The van der Waals surface area contributed by atoms with Crippen molar-refractivity contribution >= 4 is 28.9 Å². The van der Waals surface area contributed by atoms with E-state index in [1.807, 2.05) is 12.1 Å². The van der Waals surface area contributed by atoms with Gasteiger partial charge in [-0.2, -0.15) is 4.39 Å². The van der Waals surface area contributed by atoms with Gasteiger partial charge >= 0.3 is 11.7 Å². The SMILES string of the molecule is O=C(COC(=O)c1ccc([N+](=O)[O-])c(F)c1)Nc1ccc(N2CCCCC2)cc1. The highest BCUT2D eigenvalue weighted by Crippen LogP contribution is 2.22. The lowest BCUT2D eigenvalue weighted by Gasteiger charge is -2.28. The molecular formula is C20H20FN3O5. The van der Waals surface area contributed by atoms with E-state index in [0.29, 0.717) is 11.8 Å². The molecule has 1 saturated heterocycles. The maximum Gasteiger partial charge on any atom is 0.338 e. The van der Waals surface area contributed by atoms with Crippen molar-refractivity contribution in [3.05, 3.63) is 64.0 Å². The number of halogens is 1. The van der Waals surface area contributed by atoms with Gasteiger partial charge in [-0.15, -0.1) is 0 Å². The van der Waals surface area contributed by atoms with E-state index in [4.69, 9.17) is 4.74 Å². The molecule has 0 saturated carbocycles. The fraction of sp³-hybridized carbons (Fsp3) is 0.300. The second-order valence-corrected chi connectivity index (χ2v) is 6.64. The van der Waals surface area contributed by atoms with E-state index in [-0.39, 0.29) is 5.56 Å². The maximum atomic E-state index is 13.6. The van der Waals surface area contributed by atoms with Gasteiger partial charge in [0.1, 0.15) is 0 Å². The molecular weight excluding hydrogens is 381 g/mol. The molecule has 9 heteroatoms. The normalized spacial score (nSPS) is 13.6. The summed E-state index contributed by atoms with van der Waals surface area (Å²) in [4.78, 5) is 35.9. The Labute approximate surface area is 166 Å². The molecule has 152 valence electrons. The number of rotatable bonds is 6. The maximum absolute atomic E-state index is 13.6. The number of hydrogen-bond acceptors (Lipinski definition) is 6. The summed E-state index contributed by atoms with van der Waals surface area (Å²) in [5, 5.41) is 13.2. The van der Waals surface area contributed by atoms with Gasteiger partial charge in [-0.1, -0.05) is 0 Å². The summed E-state index contributed by atoms with van der Waals surface area (Å²) >= 11 is 0. The fourth-order valence-electron chi connectivity index (χ4n) is 3.10. The third-order valence-corrected chi connectivity index (χ3v) is 4.59. The van der Waals surface area contributed by atoms with Crippen molar-refractivity contribution < 1.29 is 23.6 Å². The predicted octanol–water partition coefficient (Wildman–Crippen LogP) is 3.52. The molecule has 2 aromatic rings. The van der Waals surface area contributed by atoms with Gasteiger partial charge < -0.3 is 15.0 Å². The van der Waals surface area contributed by atoms with E-state index in [1.165, 1.54) is 19.3 Å². The van der Waals surface area contributed by atoms with Gasteiger partial charge in [0.25, 0.3) is 5.91 Å². The molecule has 29 heavy (non-hydrogen) atoms. The minimum Gasteiger partial charge on any atom is -0.452 e. The molecule has 1 N–H and O–H groups in total. The monoisotopic (exact) mass is 401 g/mol. The molecule has 1 amide bonds. The van der Waals surface area contributed by atoms with Crippen LogP contribution in [0, 0.1) is 15.9 Å². The van der Waals surface area contributed by atoms with E-state index in [2.05, 4.69) is 10.2 Å². The van der Waals surface area contributed by atoms with Crippen LogP contribution in [0.5, 0.6) is 0 Å². The smallest absolute Gasteiger partial charge is 0.338 e. The average Bonchev–Trinajstić information content (AvgIpc) is 2.73. The summed E-state index contributed by atoms with van der Waals surface area (Å²) in [6, 6.07) is 10.0. The number of ether oxygens (including phenoxy) is 1. The minimum absolute atomic E-state index is 0.216. The van der Waals surface area contributed by atoms with Crippen LogP contribution in [-0.2, 0) is 9.53 Å². The van der Waals surface area contributed by atoms with Gasteiger partial charge in [0, 0.05) is 30.5 Å². The molecule has 0 aromatic heterocycles. The molecule has 1 aliphatic heterocycles. The second-order valence-electron chi connectivity index (χ2n) is 6.64. The quantitative estimate of drug-likeness (QED) is 0.451. The average molecular weight is 401 g/mol. The zero-order valence-corrected chi connectivity index (χ0v) is 15.6. The molecule has 0 spiro atoms. The number of anilines is 2. The summed E-state index contributed by atoms with van der Waals surface area (Å²) in [6.45, 7) is 1.47. The van der Waals surface area contributed by atoms with Gasteiger partial charge in [-0.05, 0) is 55.7 Å². The lowest BCUT2D eigenvalue weighted by Crippen LogP contribution is -2.29. The van der Waals surface area contributed by atoms with Crippen LogP contribution >= 0.6 is 0 Å². The van der Waals surface area contributed by atoms with E-state index < -0.39 is 34.9 Å². The molecule has 0 radical (unpaired) electrons. The molecule has 0 bridgehead atoms. The third kappa shape index (κ3) is 5.28. The molecule has 1 heterocycles. The van der Waals surface area contributed by atoms with Crippen molar-refractivity contribution in [1.29, 1.82) is 0 Å². The number of nitrogens with zero attached hydrogens (tertiary/aromatic N) is 2. The summed E-state index contributed by atoms with van der Waals surface area (Å²) < 4.78 is 18.4. The number of esters is 1. The van der Waals surface area contributed by atoms with Crippen molar-refractivity contribution in [2.75, 3.05) is 29.9 Å². The minimum atomic E-state index is -1.15. The summed E-state index contributed by atoms with van der Waals surface area (Å²) in [5.74, 6) is -2.65. The lowest BCUT2D eigenvalue weighted by atomic mass is 10.1. The number of benzene rings is 2. The third-order valence-electron chi connectivity index (χ3n) is 4.59. The fourth-order valence-corrected chi connectivity index (χ4v) is 3.10. The number of carbonyl (C=O) groups excluding carboxylic acids is 2. The summed E-state index contributed by atoms with van der Waals surface area (Å²) in [5.41, 5.74) is 0.696. The van der Waals surface area contributed by atoms with E-state index in [9.17, 15) is 24.1 Å². The van der Waals surface area contributed by atoms with E-state index in [0.717, 1.165) is 30.9 Å².